The van der Waals surface area contributed by atoms with Gasteiger partial charge >= 0.3 is 12.4 Å². The van der Waals surface area contributed by atoms with E-state index in [9.17, 15) is 35.9 Å². The average Bonchev–Trinajstić information content (AvgIpc) is 2.80. The molecule has 15 heteroatoms. The second-order valence-corrected chi connectivity index (χ2v) is 8.50. The highest BCUT2D eigenvalue weighted by molar-refractivity contribution is 5.80. The molecule has 0 spiro atoms. The summed E-state index contributed by atoms with van der Waals surface area (Å²) in [7, 11) is 0. The van der Waals surface area contributed by atoms with Crippen LogP contribution >= 0.6 is 0 Å². The number of hydrogen-bond acceptors (Lipinski definition) is 7. The van der Waals surface area contributed by atoms with E-state index in [2.05, 4.69) is 20.7 Å². The first-order chi connectivity index (χ1) is 16.9. The zero-order valence-electron chi connectivity index (χ0n) is 19.2. The highest BCUT2D eigenvalue weighted by Gasteiger charge is 2.51. The summed E-state index contributed by atoms with van der Waals surface area (Å²) in [5.41, 5.74) is 4.11. The number of amides is 2. The zero-order valence-corrected chi connectivity index (χ0v) is 19.2. The van der Waals surface area contributed by atoms with Crippen molar-refractivity contribution in [3.63, 3.8) is 0 Å². The summed E-state index contributed by atoms with van der Waals surface area (Å²) < 4.78 is 82.9. The lowest BCUT2D eigenvalue weighted by molar-refractivity contribution is -0.193. The minimum absolute atomic E-state index is 0.0330. The minimum Gasteiger partial charge on any atom is -0.379 e. The van der Waals surface area contributed by atoms with Crippen LogP contribution in [0.1, 0.15) is 31.2 Å². The maximum Gasteiger partial charge on any atom is 0.419 e. The van der Waals surface area contributed by atoms with Crippen molar-refractivity contribution in [2.75, 3.05) is 32.8 Å². The van der Waals surface area contributed by atoms with Crippen molar-refractivity contribution in [2.45, 2.75) is 44.2 Å². The van der Waals surface area contributed by atoms with Gasteiger partial charge in [0.1, 0.15) is 0 Å². The summed E-state index contributed by atoms with van der Waals surface area (Å²) in [5.74, 6) is -3.37. The number of alkyl halides is 6. The van der Waals surface area contributed by atoms with Gasteiger partial charge in [-0.3, -0.25) is 15.0 Å². The molecule has 9 nitrogen and oxygen atoms in total. The van der Waals surface area contributed by atoms with Gasteiger partial charge in [-0.05, 0) is 18.9 Å². The van der Waals surface area contributed by atoms with Crippen molar-refractivity contribution < 1.29 is 40.7 Å². The largest absolute Gasteiger partial charge is 0.419 e. The fourth-order valence-corrected chi connectivity index (χ4v) is 3.89. The topological polar surface area (TPSA) is 108 Å². The first-order valence-corrected chi connectivity index (χ1v) is 11.2. The fraction of sp³-hybridized carbons (Fsp3) is 0.619. The number of nitrogens with zero attached hydrogens (tertiary/aromatic N) is 3. The number of hydrogen-bond donors (Lipinski definition) is 3. The van der Waals surface area contributed by atoms with Crippen LogP contribution in [0.3, 0.4) is 0 Å². The van der Waals surface area contributed by atoms with Crippen LogP contribution in [0.15, 0.2) is 18.5 Å². The molecule has 3 atom stereocenters. The molecule has 1 aromatic heterocycles. The molecular weight excluding hydrogens is 498 g/mol. The van der Waals surface area contributed by atoms with Crippen molar-refractivity contribution in [2.24, 2.45) is 5.92 Å². The quantitative estimate of drug-likeness (QED) is 0.351. The maximum atomic E-state index is 13.2. The highest BCUT2D eigenvalue weighted by Crippen LogP contribution is 2.31. The van der Waals surface area contributed by atoms with Gasteiger partial charge in [-0.1, -0.05) is 6.08 Å². The molecule has 2 amide bonds. The molecule has 0 aromatic carbocycles. The number of rotatable bonds is 8. The van der Waals surface area contributed by atoms with Gasteiger partial charge in [-0.2, -0.15) is 26.3 Å². The Labute approximate surface area is 202 Å². The third kappa shape index (κ3) is 7.36. The highest BCUT2D eigenvalue weighted by atomic mass is 19.4. The van der Waals surface area contributed by atoms with Crippen molar-refractivity contribution >= 4 is 17.4 Å². The molecule has 3 N–H and O–H groups in total. The van der Waals surface area contributed by atoms with Gasteiger partial charge in [0.15, 0.2) is 11.7 Å². The predicted molar refractivity (Wildman–Crippen MR) is 114 cm³/mol. The van der Waals surface area contributed by atoms with E-state index in [1.54, 1.807) is 17.9 Å². The maximum absolute atomic E-state index is 13.2. The SMILES string of the molecule is C[C@@H](COCCC(=O)N1CC=C(c2ncc(C(F)(F)F)cn2)CC1)NC1CNNC(=O)C1C(F)(F)F. The van der Waals surface area contributed by atoms with Crippen LogP contribution in [-0.4, -0.2) is 77.8 Å². The normalized spacial score (nSPS) is 22.1. The molecule has 36 heavy (non-hydrogen) atoms. The Balaban J connectivity index is 1.39. The van der Waals surface area contributed by atoms with Gasteiger partial charge in [0.2, 0.25) is 11.8 Å². The van der Waals surface area contributed by atoms with E-state index >= 15 is 0 Å². The fourth-order valence-electron chi connectivity index (χ4n) is 3.89. The predicted octanol–water partition coefficient (Wildman–Crippen LogP) is 1.68. The molecule has 1 saturated heterocycles. The van der Waals surface area contributed by atoms with Crippen LogP contribution in [0, 0.1) is 5.92 Å². The third-order valence-corrected chi connectivity index (χ3v) is 5.73. The Morgan fingerprint density at radius 2 is 1.94 bits per heavy atom. The summed E-state index contributed by atoms with van der Waals surface area (Å²) in [6.45, 7) is 2.16. The minimum atomic E-state index is -4.70. The first-order valence-electron chi connectivity index (χ1n) is 11.2. The molecule has 0 saturated carbocycles. The van der Waals surface area contributed by atoms with E-state index in [0.29, 0.717) is 18.5 Å². The second kappa shape index (κ2) is 11.5. The zero-order chi connectivity index (χ0) is 26.5. The molecule has 3 heterocycles. The van der Waals surface area contributed by atoms with Crippen LogP contribution < -0.4 is 16.2 Å². The lowest BCUT2D eigenvalue weighted by Gasteiger charge is -2.35. The van der Waals surface area contributed by atoms with Crippen LogP contribution in [0.25, 0.3) is 5.57 Å². The molecule has 0 aliphatic carbocycles. The van der Waals surface area contributed by atoms with Crippen LogP contribution in [0.2, 0.25) is 0 Å². The molecule has 0 bridgehead atoms. The van der Waals surface area contributed by atoms with Crippen molar-refractivity contribution in [3.05, 3.63) is 29.9 Å². The van der Waals surface area contributed by atoms with E-state index in [4.69, 9.17) is 4.74 Å². The number of hydrazine groups is 1. The van der Waals surface area contributed by atoms with Crippen molar-refractivity contribution in [1.29, 1.82) is 0 Å². The first kappa shape index (κ1) is 27.8. The molecule has 2 aliphatic rings. The lowest BCUT2D eigenvalue weighted by Crippen LogP contribution is -2.64. The van der Waals surface area contributed by atoms with E-state index in [1.807, 2.05) is 5.43 Å². The van der Waals surface area contributed by atoms with Crippen LogP contribution in [-0.2, 0) is 20.5 Å². The average molecular weight is 524 g/mol. The molecule has 2 unspecified atom stereocenters. The van der Waals surface area contributed by atoms with Gasteiger partial charge in [0.05, 0.1) is 25.2 Å². The molecule has 200 valence electrons. The van der Waals surface area contributed by atoms with Crippen LogP contribution in [0.4, 0.5) is 26.3 Å². The Bertz CT molecular complexity index is 953. The number of halogens is 6. The summed E-state index contributed by atoms with van der Waals surface area (Å²) in [6, 6.07) is -1.67. The Hall–Kier alpha value is -2.78. The summed E-state index contributed by atoms with van der Waals surface area (Å²) in [4.78, 5) is 33.1. The molecule has 1 aromatic rings. The molecular formula is C21H26F6N6O3. The number of carbonyl (C=O) groups is 2. The summed E-state index contributed by atoms with van der Waals surface area (Å²) in [6.07, 6.45) is -5.67. The molecule has 0 radical (unpaired) electrons. The van der Waals surface area contributed by atoms with Gasteiger partial charge in [-0.25, -0.2) is 15.4 Å². The Morgan fingerprint density at radius 1 is 1.25 bits per heavy atom. The van der Waals surface area contributed by atoms with E-state index in [-0.39, 0.29) is 44.5 Å². The van der Waals surface area contributed by atoms with E-state index in [0.717, 1.165) is 12.4 Å². The van der Waals surface area contributed by atoms with Gasteiger partial charge in [-0.15, -0.1) is 0 Å². The number of aromatic nitrogens is 2. The second-order valence-electron chi connectivity index (χ2n) is 8.50. The van der Waals surface area contributed by atoms with Crippen molar-refractivity contribution in [3.8, 4) is 0 Å². The molecule has 3 rings (SSSR count). The molecule has 2 aliphatic heterocycles. The van der Waals surface area contributed by atoms with E-state index in [1.165, 1.54) is 0 Å². The smallest absolute Gasteiger partial charge is 0.379 e. The van der Waals surface area contributed by atoms with Gasteiger partial charge < -0.3 is 15.0 Å². The van der Waals surface area contributed by atoms with Gasteiger partial charge in [0, 0.05) is 44.1 Å². The van der Waals surface area contributed by atoms with Gasteiger partial charge in [0.25, 0.3) is 0 Å². The Kier molecular flexibility index (Phi) is 8.89. The number of ether oxygens (including phenoxy) is 1. The monoisotopic (exact) mass is 524 g/mol. The number of carbonyl (C=O) groups excluding carboxylic acids is 2. The number of nitrogens with one attached hydrogen (secondary N) is 3. The Morgan fingerprint density at radius 3 is 2.53 bits per heavy atom. The standard InChI is InChI=1S/C21H26F6N6O3/c1-12(31-15-10-30-32-19(35)17(15)21(25,26)27)11-36-7-4-16(34)33-5-2-13(3-6-33)18-28-8-14(9-29-18)20(22,23)24/h2,8-9,12,15,17,30-31H,3-7,10-11H2,1H3,(H,32,35)/t12-,15?,17?/m0/s1. The molecule has 1 fully saturated rings. The lowest BCUT2D eigenvalue weighted by atomic mass is 9.96. The third-order valence-electron chi connectivity index (χ3n) is 5.73. The van der Waals surface area contributed by atoms with E-state index < -0.39 is 41.8 Å². The van der Waals surface area contributed by atoms with Crippen LogP contribution in [0.5, 0.6) is 0 Å². The van der Waals surface area contributed by atoms with Crippen molar-refractivity contribution in [1.82, 2.24) is 31.0 Å². The summed E-state index contributed by atoms with van der Waals surface area (Å²) >= 11 is 0. The summed E-state index contributed by atoms with van der Waals surface area (Å²) in [5, 5.41) is 2.74.